The summed E-state index contributed by atoms with van der Waals surface area (Å²) in [6, 6.07) is 24.0. The van der Waals surface area contributed by atoms with Crippen molar-refractivity contribution in [1.82, 2.24) is 15.2 Å². The maximum atomic E-state index is 13.7. The second-order valence-corrected chi connectivity index (χ2v) is 10.0. The van der Waals surface area contributed by atoms with Gasteiger partial charge < -0.3 is 15.2 Å². The second-order valence-electron chi connectivity index (χ2n) is 10.0. The maximum Gasteiger partial charge on any atom is 0.255 e. The molecular formula is C32H35N3O2. The molecule has 37 heavy (non-hydrogen) atoms. The number of benzene rings is 3. The van der Waals surface area contributed by atoms with E-state index < -0.39 is 0 Å². The van der Waals surface area contributed by atoms with Gasteiger partial charge in [0.05, 0.1) is 11.7 Å². The van der Waals surface area contributed by atoms with E-state index in [1.54, 1.807) is 4.90 Å². The largest absolute Gasteiger partial charge is 0.355 e. The summed E-state index contributed by atoms with van der Waals surface area (Å²) in [5.74, 6) is -0.211. The first-order chi connectivity index (χ1) is 18.1. The zero-order chi connectivity index (χ0) is 25.8. The number of carbonyl (C=O) groups excluding carboxylic acids is 2. The van der Waals surface area contributed by atoms with E-state index in [0.717, 1.165) is 46.1 Å². The molecule has 0 bridgehead atoms. The molecule has 0 radical (unpaired) electrons. The number of nitrogens with zero attached hydrogens (tertiary/aromatic N) is 1. The number of aromatic nitrogens is 1. The summed E-state index contributed by atoms with van der Waals surface area (Å²) in [4.78, 5) is 32.1. The SMILES string of the molecule is CCCCCCCNC(=O)CN1C(=O)c2ccccc2C1c1c(-c2ccc(C)cc2)[nH]c2ccccc12. The Bertz CT molecular complexity index is 1400. The number of carbonyl (C=O) groups is 2. The standard InChI is InChI=1S/C32H35N3O2/c1-3-4-5-6-11-20-33-28(36)21-35-31(24-12-7-8-13-25(24)32(35)37)29-26-14-9-10-15-27(26)34-30(29)23-18-16-22(2)17-19-23/h7-10,12-19,31,34H,3-6,11,20-21H2,1-2H3,(H,33,36). The number of rotatable bonds is 10. The third kappa shape index (κ3) is 5.04. The van der Waals surface area contributed by atoms with Crippen LogP contribution in [0.5, 0.6) is 0 Å². The van der Waals surface area contributed by atoms with Gasteiger partial charge in [0, 0.05) is 28.6 Å². The molecule has 190 valence electrons. The Morgan fingerprint density at radius 3 is 2.46 bits per heavy atom. The summed E-state index contributed by atoms with van der Waals surface area (Å²) in [5.41, 5.74) is 6.89. The lowest BCUT2D eigenvalue weighted by molar-refractivity contribution is -0.122. The van der Waals surface area contributed by atoms with Crippen LogP contribution in [0.25, 0.3) is 22.2 Å². The molecule has 1 atom stereocenters. The summed E-state index contributed by atoms with van der Waals surface area (Å²) >= 11 is 0. The first-order valence-corrected chi connectivity index (χ1v) is 13.4. The third-order valence-corrected chi connectivity index (χ3v) is 7.33. The van der Waals surface area contributed by atoms with Gasteiger partial charge in [-0.15, -0.1) is 0 Å². The van der Waals surface area contributed by atoms with E-state index in [4.69, 9.17) is 0 Å². The molecule has 5 rings (SSSR count). The lowest BCUT2D eigenvalue weighted by atomic mass is 9.93. The van der Waals surface area contributed by atoms with E-state index in [1.165, 1.54) is 24.8 Å². The first kappa shape index (κ1) is 24.8. The van der Waals surface area contributed by atoms with Crippen LogP contribution in [0.1, 0.15) is 72.1 Å². The van der Waals surface area contributed by atoms with Crippen LogP contribution in [0, 0.1) is 6.92 Å². The lowest BCUT2D eigenvalue weighted by Gasteiger charge is -2.26. The number of nitrogens with one attached hydrogen (secondary N) is 2. The van der Waals surface area contributed by atoms with Crippen LogP contribution >= 0.6 is 0 Å². The Labute approximate surface area is 218 Å². The molecule has 5 nitrogen and oxygen atoms in total. The molecule has 5 heteroatoms. The van der Waals surface area contributed by atoms with E-state index in [1.807, 2.05) is 36.4 Å². The molecule has 0 fully saturated rings. The van der Waals surface area contributed by atoms with Crippen molar-refractivity contribution in [1.29, 1.82) is 0 Å². The lowest BCUT2D eigenvalue weighted by Crippen LogP contribution is -2.40. The number of amides is 2. The van der Waals surface area contributed by atoms with Crippen LogP contribution in [-0.4, -0.2) is 34.8 Å². The summed E-state index contributed by atoms with van der Waals surface area (Å²) in [7, 11) is 0. The summed E-state index contributed by atoms with van der Waals surface area (Å²) in [6.45, 7) is 4.94. The highest BCUT2D eigenvalue weighted by atomic mass is 16.2. The molecule has 2 amide bonds. The molecule has 0 saturated heterocycles. The minimum atomic E-state index is -0.355. The van der Waals surface area contributed by atoms with Gasteiger partial charge in [-0.05, 0) is 36.6 Å². The molecule has 0 spiro atoms. The van der Waals surface area contributed by atoms with Crippen molar-refractivity contribution in [3.63, 3.8) is 0 Å². The average molecular weight is 494 g/mol. The minimum Gasteiger partial charge on any atom is -0.355 e. The number of hydrogen-bond donors (Lipinski definition) is 2. The Balaban J connectivity index is 1.51. The van der Waals surface area contributed by atoms with Gasteiger partial charge in [-0.25, -0.2) is 0 Å². The normalized spacial score (nSPS) is 14.8. The first-order valence-electron chi connectivity index (χ1n) is 13.4. The van der Waals surface area contributed by atoms with E-state index >= 15 is 0 Å². The number of para-hydroxylation sites is 1. The quantitative estimate of drug-likeness (QED) is 0.239. The molecule has 4 aromatic rings. The number of H-pyrrole nitrogens is 1. The fourth-order valence-corrected chi connectivity index (χ4v) is 5.41. The van der Waals surface area contributed by atoms with Crippen molar-refractivity contribution in [2.45, 2.75) is 52.0 Å². The van der Waals surface area contributed by atoms with Gasteiger partial charge >= 0.3 is 0 Å². The Morgan fingerprint density at radius 1 is 0.919 bits per heavy atom. The van der Waals surface area contributed by atoms with Crippen LogP contribution in [0.15, 0.2) is 72.8 Å². The van der Waals surface area contributed by atoms with Crippen LogP contribution in [0.2, 0.25) is 0 Å². The fourth-order valence-electron chi connectivity index (χ4n) is 5.41. The highest BCUT2D eigenvalue weighted by molar-refractivity contribution is 6.03. The Kier molecular flexibility index (Phi) is 7.40. The third-order valence-electron chi connectivity index (χ3n) is 7.33. The number of aryl methyl sites for hydroxylation is 1. The monoisotopic (exact) mass is 493 g/mol. The minimum absolute atomic E-state index is 0.0278. The van der Waals surface area contributed by atoms with E-state index in [9.17, 15) is 9.59 Å². The fraction of sp³-hybridized carbons (Fsp3) is 0.312. The second kappa shape index (κ2) is 11.0. The van der Waals surface area contributed by atoms with E-state index in [0.29, 0.717) is 12.1 Å². The van der Waals surface area contributed by atoms with Crippen molar-refractivity contribution in [2.24, 2.45) is 0 Å². The highest BCUT2D eigenvalue weighted by Crippen LogP contribution is 2.45. The summed E-state index contributed by atoms with van der Waals surface area (Å²) in [6.07, 6.45) is 5.69. The molecule has 1 aliphatic rings. The topological polar surface area (TPSA) is 65.2 Å². The van der Waals surface area contributed by atoms with Crippen molar-refractivity contribution in [2.75, 3.05) is 13.1 Å². The van der Waals surface area contributed by atoms with Gasteiger partial charge in [-0.1, -0.05) is 98.8 Å². The molecule has 0 saturated carbocycles. The molecular weight excluding hydrogens is 458 g/mol. The molecule has 2 N–H and O–H groups in total. The molecule has 1 aromatic heterocycles. The van der Waals surface area contributed by atoms with Crippen LogP contribution in [0.3, 0.4) is 0 Å². The van der Waals surface area contributed by atoms with Gasteiger partial charge in [0.1, 0.15) is 6.54 Å². The average Bonchev–Trinajstić information content (AvgIpc) is 3.42. The predicted octanol–water partition coefficient (Wildman–Crippen LogP) is 6.78. The zero-order valence-corrected chi connectivity index (χ0v) is 21.7. The van der Waals surface area contributed by atoms with Crippen LogP contribution in [-0.2, 0) is 4.79 Å². The molecule has 1 aliphatic heterocycles. The Hall–Kier alpha value is -3.86. The molecule has 3 aromatic carbocycles. The van der Waals surface area contributed by atoms with E-state index in [-0.39, 0.29) is 24.4 Å². The van der Waals surface area contributed by atoms with Crippen molar-refractivity contribution in [3.05, 3.63) is 95.1 Å². The Morgan fingerprint density at radius 2 is 1.65 bits per heavy atom. The van der Waals surface area contributed by atoms with E-state index in [2.05, 4.69) is 60.5 Å². The maximum absolute atomic E-state index is 13.7. The molecule has 2 heterocycles. The number of fused-ring (bicyclic) bond motifs is 2. The molecule has 0 aliphatic carbocycles. The molecule has 1 unspecified atom stereocenters. The highest BCUT2D eigenvalue weighted by Gasteiger charge is 2.40. The van der Waals surface area contributed by atoms with Gasteiger partial charge in [-0.2, -0.15) is 0 Å². The zero-order valence-electron chi connectivity index (χ0n) is 21.7. The number of aromatic amines is 1. The van der Waals surface area contributed by atoms with Gasteiger partial charge in [0.25, 0.3) is 5.91 Å². The van der Waals surface area contributed by atoms with Crippen molar-refractivity contribution < 1.29 is 9.59 Å². The summed E-state index contributed by atoms with van der Waals surface area (Å²) < 4.78 is 0. The van der Waals surface area contributed by atoms with Gasteiger partial charge in [0.2, 0.25) is 5.91 Å². The van der Waals surface area contributed by atoms with Crippen molar-refractivity contribution >= 4 is 22.7 Å². The summed E-state index contributed by atoms with van der Waals surface area (Å²) in [5, 5.41) is 4.11. The number of unbranched alkanes of at least 4 members (excludes halogenated alkanes) is 4. The predicted molar refractivity (Wildman–Crippen MR) is 150 cm³/mol. The number of hydrogen-bond acceptors (Lipinski definition) is 2. The smallest absolute Gasteiger partial charge is 0.255 e. The van der Waals surface area contributed by atoms with Gasteiger partial charge in [0.15, 0.2) is 0 Å². The van der Waals surface area contributed by atoms with Crippen molar-refractivity contribution in [3.8, 4) is 11.3 Å². The van der Waals surface area contributed by atoms with Crippen LogP contribution in [0.4, 0.5) is 0 Å². The van der Waals surface area contributed by atoms with Gasteiger partial charge in [-0.3, -0.25) is 9.59 Å². The van der Waals surface area contributed by atoms with Crippen LogP contribution < -0.4 is 5.32 Å².